The summed E-state index contributed by atoms with van der Waals surface area (Å²) in [6.45, 7) is 0. The molecule has 0 atom stereocenters. The van der Waals surface area contributed by atoms with Gasteiger partial charge in [0.25, 0.3) is 0 Å². The molecule has 0 aromatic rings. The van der Waals surface area contributed by atoms with Gasteiger partial charge in [0.2, 0.25) is 0 Å². The van der Waals surface area contributed by atoms with E-state index in [2.05, 4.69) is 0 Å². The molecule has 0 bridgehead atoms. The Bertz CT molecular complexity index is 465. The normalized spacial score (nSPS) is 20.0. The number of fused-ring (bicyclic) bond motifs is 1. The number of hydrogen-bond acceptors (Lipinski definition) is 4. The van der Waals surface area contributed by atoms with Gasteiger partial charge in [-0.25, -0.2) is 0 Å². The van der Waals surface area contributed by atoms with Gasteiger partial charge in [-0.1, -0.05) is 0 Å². The fourth-order valence-corrected chi connectivity index (χ4v) is 1.69. The van der Waals surface area contributed by atoms with Crippen LogP contribution < -0.4 is 22.9 Å². The molecule has 0 aliphatic heterocycles. The quantitative estimate of drug-likeness (QED) is 0.463. The second kappa shape index (κ2) is 3.66. The smallest absolute Gasteiger partial charge is 0.0340 e. The van der Waals surface area contributed by atoms with Gasteiger partial charge in [0.1, 0.15) is 0 Å². The maximum absolute atomic E-state index is 5.78. The van der Waals surface area contributed by atoms with Crippen LogP contribution in [0.3, 0.4) is 0 Å². The maximum atomic E-state index is 5.78. The summed E-state index contributed by atoms with van der Waals surface area (Å²) in [7, 11) is 0. The molecule has 2 rings (SSSR count). The van der Waals surface area contributed by atoms with Gasteiger partial charge in [-0.3, -0.25) is 0 Å². The third-order valence-corrected chi connectivity index (χ3v) is 2.29. The Morgan fingerprint density at radius 1 is 0.438 bits per heavy atom. The highest BCUT2D eigenvalue weighted by Crippen LogP contribution is 2.23. The van der Waals surface area contributed by atoms with E-state index < -0.39 is 0 Å². The lowest BCUT2D eigenvalue weighted by atomic mass is 10.0. The summed E-state index contributed by atoms with van der Waals surface area (Å²) in [6, 6.07) is 0. The molecule has 0 spiro atoms. The molecule has 2 aliphatic carbocycles. The van der Waals surface area contributed by atoms with Gasteiger partial charge in [-0.15, -0.1) is 0 Å². The van der Waals surface area contributed by atoms with Crippen LogP contribution in [0.25, 0.3) is 0 Å². The summed E-state index contributed by atoms with van der Waals surface area (Å²) in [4.78, 5) is 0. The minimum absolute atomic E-state index is 0.594. The average Bonchev–Trinajstić information content (AvgIpc) is 2.31. The van der Waals surface area contributed by atoms with Crippen molar-refractivity contribution in [1.29, 1.82) is 0 Å². The van der Waals surface area contributed by atoms with Gasteiger partial charge in [-0.05, 0) is 47.6 Å². The first-order valence-electron chi connectivity index (χ1n) is 4.87. The first-order chi connectivity index (χ1) is 7.54. The molecule has 0 radical (unpaired) electrons. The van der Waals surface area contributed by atoms with Crippen molar-refractivity contribution in [3.05, 3.63) is 70.4 Å². The van der Waals surface area contributed by atoms with Gasteiger partial charge in [0.15, 0.2) is 0 Å². The molecule has 0 saturated heterocycles. The fourth-order valence-electron chi connectivity index (χ4n) is 1.69. The van der Waals surface area contributed by atoms with Crippen LogP contribution in [-0.2, 0) is 0 Å². The fraction of sp³-hybridized carbons (Fsp3) is 0. The van der Waals surface area contributed by atoms with Gasteiger partial charge in [0, 0.05) is 22.8 Å². The molecule has 16 heavy (non-hydrogen) atoms. The second-order valence-electron chi connectivity index (χ2n) is 3.78. The molecule has 0 saturated carbocycles. The number of rotatable bonds is 0. The SMILES string of the molecule is NC1=CC(N)=CC2=CC(N)=CC(N)=CC2=C1. The molecule has 0 aromatic heterocycles. The molecule has 0 unspecified atom stereocenters. The molecule has 0 fully saturated rings. The highest BCUT2D eigenvalue weighted by Gasteiger charge is 2.09. The van der Waals surface area contributed by atoms with Crippen molar-refractivity contribution in [2.24, 2.45) is 22.9 Å². The van der Waals surface area contributed by atoms with E-state index in [0.29, 0.717) is 22.8 Å². The van der Waals surface area contributed by atoms with Crippen molar-refractivity contribution in [2.45, 2.75) is 0 Å². The molecule has 8 N–H and O–H groups in total. The number of hydrogen-bond donors (Lipinski definition) is 4. The monoisotopic (exact) mass is 214 g/mol. The van der Waals surface area contributed by atoms with Crippen molar-refractivity contribution in [2.75, 3.05) is 0 Å². The summed E-state index contributed by atoms with van der Waals surface area (Å²) in [5, 5.41) is 0. The Morgan fingerprint density at radius 2 is 0.750 bits per heavy atom. The van der Waals surface area contributed by atoms with E-state index in [1.807, 2.05) is 24.3 Å². The molecule has 4 heteroatoms. The van der Waals surface area contributed by atoms with Crippen LogP contribution in [0.4, 0.5) is 0 Å². The number of allylic oxidation sites excluding steroid dienone is 8. The van der Waals surface area contributed by atoms with E-state index in [1.165, 1.54) is 0 Å². The first-order valence-corrected chi connectivity index (χ1v) is 4.87. The molecule has 82 valence electrons. The molecule has 0 heterocycles. The van der Waals surface area contributed by atoms with Crippen molar-refractivity contribution in [3.63, 3.8) is 0 Å². The lowest BCUT2D eigenvalue weighted by Gasteiger charge is -2.01. The predicted molar refractivity (Wildman–Crippen MR) is 65.2 cm³/mol. The predicted octanol–water partition coefficient (Wildman–Crippen LogP) is 0.237. The van der Waals surface area contributed by atoms with Crippen molar-refractivity contribution in [1.82, 2.24) is 0 Å². The standard InChI is InChI=1S/C12H14N4/c13-9-1-7-2-10(14)6-12(16)4-8(7)3-11(15)5-9/h1-6H,13-16H2. The molecule has 4 nitrogen and oxygen atoms in total. The lowest BCUT2D eigenvalue weighted by Crippen LogP contribution is -1.99. The summed E-state index contributed by atoms with van der Waals surface area (Å²) >= 11 is 0. The lowest BCUT2D eigenvalue weighted by molar-refractivity contribution is 1.34. The van der Waals surface area contributed by atoms with Crippen LogP contribution in [0.15, 0.2) is 70.4 Å². The summed E-state index contributed by atoms with van der Waals surface area (Å²) in [5.74, 6) is 0. The van der Waals surface area contributed by atoms with Crippen molar-refractivity contribution < 1.29 is 0 Å². The van der Waals surface area contributed by atoms with Crippen LogP contribution in [0.2, 0.25) is 0 Å². The largest absolute Gasteiger partial charge is 0.399 e. The van der Waals surface area contributed by atoms with E-state index in [4.69, 9.17) is 22.9 Å². The summed E-state index contributed by atoms with van der Waals surface area (Å²) < 4.78 is 0. The van der Waals surface area contributed by atoms with Gasteiger partial charge in [-0.2, -0.15) is 0 Å². The highest BCUT2D eigenvalue weighted by molar-refractivity contribution is 5.59. The Morgan fingerprint density at radius 3 is 1.12 bits per heavy atom. The van der Waals surface area contributed by atoms with Crippen molar-refractivity contribution in [3.8, 4) is 0 Å². The van der Waals surface area contributed by atoms with E-state index in [0.717, 1.165) is 11.1 Å². The first kappa shape index (κ1) is 10.2. The zero-order chi connectivity index (χ0) is 11.7. The van der Waals surface area contributed by atoms with Crippen LogP contribution in [-0.4, -0.2) is 0 Å². The van der Waals surface area contributed by atoms with Gasteiger partial charge >= 0.3 is 0 Å². The van der Waals surface area contributed by atoms with E-state index in [9.17, 15) is 0 Å². The zero-order valence-electron chi connectivity index (χ0n) is 8.77. The third-order valence-electron chi connectivity index (χ3n) is 2.29. The molecular weight excluding hydrogens is 200 g/mol. The van der Waals surface area contributed by atoms with Crippen LogP contribution in [0.1, 0.15) is 0 Å². The summed E-state index contributed by atoms with van der Waals surface area (Å²) in [6.07, 6.45) is 10.7. The average molecular weight is 214 g/mol. The Kier molecular flexibility index (Phi) is 2.32. The van der Waals surface area contributed by atoms with E-state index in [1.54, 1.807) is 12.2 Å². The summed E-state index contributed by atoms with van der Waals surface area (Å²) in [5.41, 5.74) is 27.3. The molecule has 0 amide bonds. The van der Waals surface area contributed by atoms with Crippen molar-refractivity contribution >= 4 is 0 Å². The van der Waals surface area contributed by atoms with Crippen LogP contribution >= 0.6 is 0 Å². The minimum Gasteiger partial charge on any atom is -0.399 e. The zero-order valence-corrected chi connectivity index (χ0v) is 8.77. The Hall–Kier alpha value is -2.36. The maximum Gasteiger partial charge on any atom is 0.0340 e. The van der Waals surface area contributed by atoms with E-state index in [-0.39, 0.29) is 0 Å². The van der Waals surface area contributed by atoms with Crippen LogP contribution in [0, 0.1) is 0 Å². The van der Waals surface area contributed by atoms with Crippen LogP contribution in [0.5, 0.6) is 0 Å². The minimum atomic E-state index is 0.594. The third kappa shape index (κ3) is 2.00. The Labute approximate surface area is 94.0 Å². The van der Waals surface area contributed by atoms with Gasteiger partial charge < -0.3 is 22.9 Å². The topological polar surface area (TPSA) is 104 Å². The highest BCUT2D eigenvalue weighted by atomic mass is 14.6. The molecular formula is C12H14N4. The second-order valence-corrected chi connectivity index (χ2v) is 3.78. The van der Waals surface area contributed by atoms with E-state index >= 15 is 0 Å². The Balaban J connectivity index is 2.60. The van der Waals surface area contributed by atoms with Gasteiger partial charge in [0.05, 0.1) is 0 Å². The molecule has 0 aromatic carbocycles. The number of nitrogens with two attached hydrogens (primary N) is 4. The molecule has 2 aliphatic rings.